The number of rotatable bonds is 1. The smallest absolute Gasteiger partial charge is 0.379 e. The molecule has 1 aromatic rings. The summed E-state index contributed by atoms with van der Waals surface area (Å²) in [5, 5.41) is 9.53. The summed E-state index contributed by atoms with van der Waals surface area (Å²) in [4.78, 5) is 13.1. The van der Waals surface area contributed by atoms with Crippen LogP contribution >= 0.6 is 15.9 Å². The van der Waals surface area contributed by atoms with Gasteiger partial charge in [-0.3, -0.25) is 4.79 Å². The van der Waals surface area contributed by atoms with Crippen molar-refractivity contribution >= 4 is 21.8 Å². The molecule has 8 heteroatoms. The molecule has 1 fully saturated rings. The van der Waals surface area contributed by atoms with E-state index in [1.54, 1.807) is 13.2 Å². The Morgan fingerprint density at radius 1 is 1.53 bits per heavy atom. The zero-order valence-corrected chi connectivity index (χ0v) is 11.6. The van der Waals surface area contributed by atoms with Gasteiger partial charge in [0.2, 0.25) is 0 Å². The summed E-state index contributed by atoms with van der Waals surface area (Å²) in [6.45, 7) is -0.838. The predicted molar refractivity (Wildman–Crippen MR) is 64.6 cm³/mol. The average Bonchev–Trinajstić information content (AvgIpc) is 2.81. The second-order valence-electron chi connectivity index (χ2n) is 4.66. The Hall–Kier alpha value is -1.02. The van der Waals surface area contributed by atoms with Crippen LogP contribution < -0.4 is 0 Å². The van der Waals surface area contributed by atoms with E-state index in [0.717, 1.165) is 4.90 Å². The second kappa shape index (κ2) is 4.52. The molecule has 0 aromatic carbocycles. The molecule has 19 heavy (non-hydrogen) atoms. The fourth-order valence-electron chi connectivity index (χ4n) is 2.10. The van der Waals surface area contributed by atoms with Crippen LogP contribution in [-0.2, 0) is 7.05 Å². The summed E-state index contributed by atoms with van der Waals surface area (Å²) in [7, 11) is 1.63. The molecule has 2 rings (SSSR count). The lowest BCUT2D eigenvalue weighted by Crippen LogP contribution is -2.48. The topological polar surface area (TPSA) is 45.5 Å². The van der Waals surface area contributed by atoms with Gasteiger partial charge >= 0.3 is 6.18 Å². The number of hydrogen-bond acceptors (Lipinski definition) is 2. The zero-order chi connectivity index (χ0) is 14.4. The highest BCUT2D eigenvalue weighted by molar-refractivity contribution is 9.10. The summed E-state index contributed by atoms with van der Waals surface area (Å²) in [6.07, 6.45) is -3.58. The van der Waals surface area contributed by atoms with E-state index in [1.165, 1.54) is 10.6 Å². The number of β-amino-alcohol motifs (C(OH)–C–C–N with tert-alkyl or cyclic N) is 1. The molecule has 106 valence electrons. The Labute approximate surface area is 115 Å². The molecule has 1 N–H and O–H groups in total. The number of aryl methyl sites for hydroxylation is 1. The average molecular weight is 341 g/mol. The minimum atomic E-state index is -4.73. The molecular weight excluding hydrogens is 329 g/mol. The van der Waals surface area contributed by atoms with E-state index in [4.69, 9.17) is 0 Å². The van der Waals surface area contributed by atoms with Gasteiger partial charge in [0, 0.05) is 30.7 Å². The Morgan fingerprint density at radius 3 is 2.58 bits per heavy atom. The summed E-state index contributed by atoms with van der Waals surface area (Å²) in [5.74, 6) is -0.520. The lowest BCUT2D eigenvalue weighted by atomic mass is 10.0. The molecule has 0 unspecified atom stereocenters. The maximum Gasteiger partial charge on any atom is 0.419 e. The van der Waals surface area contributed by atoms with Gasteiger partial charge in [0.1, 0.15) is 5.69 Å². The van der Waals surface area contributed by atoms with E-state index in [0.29, 0.717) is 4.47 Å². The van der Waals surface area contributed by atoms with Crippen LogP contribution in [0, 0.1) is 0 Å². The molecule has 4 nitrogen and oxygen atoms in total. The first-order valence-electron chi connectivity index (χ1n) is 5.54. The maximum absolute atomic E-state index is 12.7. The summed E-state index contributed by atoms with van der Waals surface area (Å²) < 4.78 is 40.2. The van der Waals surface area contributed by atoms with Crippen LogP contribution in [0.5, 0.6) is 0 Å². The van der Waals surface area contributed by atoms with Crippen LogP contribution in [0.15, 0.2) is 16.7 Å². The maximum atomic E-state index is 12.7. The van der Waals surface area contributed by atoms with Gasteiger partial charge in [-0.15, -0.1) is 0 Å². The molecule has 0 radical (unpaired) electrons. The zero-order valence-electron chi connectivity index (χ0n) is 10.0. The molecule has 2 heterocycles. The van der Waals surface area contributed by atoms with Gasteiger partial charge in [-0.1, -0.05) is 0 Å². The van der Waals surface area contributed by atoms with E-state index < -0.39 is 30.7 Å². The Morgan fingerprint density at radius 2 is 2.16 bits per heavy atom. The normalized spacial score (nSPS) is 24.0. The van der Waals surface area contributed by atoms with Crippen LogP contribution in [0.3, 0.4) is 0 Å². The Balaban J connectivity index is 2.18. The lowest BCUT2D eigenvalue weighted by Gasteiger charge is -2.25. The van der Waals surface area contributed by atoms with Crippen LogP contribution in [0.25, 0.3) is 0 Å². The molecule has 1 aliphatic rings. The number of aliphatic hydroxyl groups is 1. The highest BCUT2D eigenvalue weighted by atomic mass is 79.9. The first-order valence-corrected chi connectivity index (χ1v) is 6.33. The molecule has 0 spiro atoms. The molecule has 0 saturated carbocycles. The monoisotopic (exact) mass is 340 g/mol. The van der Waals surface area contributed by atoms with Crippen molar-refractivity contribution in [3.63, 3.8) is 0 Å². The van der Waals surface area contributed by atoms with Crippen LogP contribution in [0.1, 0.15) is 16.9 Å². The standard InChI is InChI=1S/C11H12BrF3N2O2/c1-16-5-7(12)4-8(16)9(18)17-3-2-10(19,6-17)11(13,14)15/h4-5,19H,2-3,6H2,1H3/t10-/m0/s1. The first kappa shape index (κ1) is 14.4. The number of hydrogen-bond donors (Lipinski definition) is 1. The number of aromatic nitrogens is 1. The van der Waals surface area contributed by atoms with Crippen LogP contribution in [0.4, 0.5) is 13.2 Å². The third kappa shape index (κ3) is 2.51. The summed E-state index contributed by atoms with van der Waals surface area (Å²) in [6, 6.07) is 1.54. The molecule has 1 atom stereocenters. The minimum Gasteiger partial charge on any atom is -0.379 e. The molecular formula is C11H12BrF3N2O2. The third-order valence-corrected chi connectivity index (χ3v) is 3.69. The van der Waals surface area contributed by atoms with Gasteiger partial charge in [-0.05, 0) is 22.0 Å². The minimum absolute atomic E-state index is 0.113. The molecule has 1 amide bonds. The largest absolute Gasteiger partial charge is 0.419 e. The van der Waals surface area contributed by atoms with Crippen molar-refractivity contribution in [1.82, 2.24) is 9.47 Å². The van der Waals surface area contributed by atoms with Crippen molar-refractivity contribution in [2.24, 2.45) is 7.05 Å². The van der Waals surface area contributed by atoms with E-state index >= 15 is 0 Å². The Kier molecular flexibility index (Phi) is 3.42. The van der Waals surface area contributed by atoms with Crippen molar-refractivity contribution < 1.29 is 23.1 Å². The van der Waals surface area contributed by atoms with Crippen molar-refractivity contribution in [2.75, 3.05) is 13.1 Å². The van der Waals surface area contributed by atoms with Crippen molar-refractivity contribution in [3.05, 3.63) is 22.4 Å². The number of amides is 1. The fourth-order valence-corrected chi connectivity index (χ4v) is 2.62. The number of nitrogens with zero attached hydrogens (tertiary/aromatic N) is 2. The lowest BCUT2D eigenvalue weighted by molar-refractivity contribution is -0.253. The molecule has 1 aliphatic heterocycles. The number of likely N-dealkylation sites (tertiary alicyclic amines) is 1. The fraction of sp³-hybridized carbons (Fsp3) is 0.545. The predicted octanol–water partition coefficient (Wildman–Crippen LogP) is 1.93. The summed E-state index contributed by atoms with van der Waals surface area (Å²) >= 11 is 3.19. The van der Waals surface area contributed by atoms with Gasteiger partial charge in [0.25, 0.3) is 5.91 Å². The molecule has 0 bridgehead atoms. The van der Waals surface area contributed by atoms with E-state index in [1.807, 2.05) is 0 Å². The molecule has 1 saturated heterocycles. The van der Waals surface area contributed by atoms with Crippen LogP contribution in [0.2, 0.25) is 0 Å². The van der Waals surface area contributed by atoms with Gasteiger partial charge in [0.05, 0.1) is 6.54 Å². The second-order valence-corrected chi connectivity index (χ2v) is 5.58. The van der Waals surface area contributed by atoms with E-state index in [2.05, 4.69) is 15.9 Å². The molecule has 0 aliphatic carbocycles. The first-order chi connectivity index (χ1) is 8.64. The van der Waals surface area contributed by atoms with Crippen molar-refractivity contribution in [1.29, 1.82) is 0 Å². The quantitative estimate of drug-likeness (QED) is 0.849. The number of carbonyl (C=O) groups excluding carboxylic acids is 1. The third-order valence-electron chi connectivity index (χ3n) is 3.25. The van der Waals surface area contributed by atoms with Gasteiger partial charge in [-0.2, -0.15) is 13.2 Å². The van der Waals surface area contributed by atoms with Crippen molar-refractivity contribution in [3.8, 4) is 0 Å². The van der Waals surface area contributed by atoms with Crippen molar-refractivity contribution in [2.45, 2.75) is 18.2 Å². The summed E-state index contributed by atoms with van der Waals surface area (Å²) in [5.41, 5.74) is -2.52. The Bertz CT molecular complexity index is 515. The van der Waals surface area contributed by atoms with Gasteiger partial charge < -0.3 is 14.6 Å². The van der Waals surface area contributed by atoms with Crippen LogP contribution in [-0.4, -0.2) is 45.3 Å². The van der Waals surface area contributed by atoms with E-state index in [9.17, 15) is 23.1 Å². The highest BCUT2D eigenvalue weighted by Gasteiger charge is 2.57. The van der Waals surface area contributed by atoms with E-state index in [-0.39, 0.29) is 12.2 Å². The van der Waals surface area contributed by atoms with Gasteiger partial charge in [0.15, 0.2) is 5.60 Å². The number of carbonyl (C=O) groups is 1. The number of alkyl halides is 3. The number of halogens is 4. The highest BCUT2D eigenvalue weighted by Crippen LogP contribution is 2.38. The molecule has 1 aromatic heterocycles. The SMILES string of the molecule is Cn1cc(Br)cc1C(=O)N1CC[C@@](O)(C(F)(F)F)C1. The van der Waals surface area contributed by atoms with Gasteiger partial charge in [-0.25, -0.2) is 0 Å².